The first-order valence-electron chi connectivity index (χ1n) is 3.23. The number of rotatable bonds is 6. The molecule has 0 aliphatic rings. The molecule has 5 nitrogen and oxygen atoms in total. The molecule has 0 unspecified atom stereocenters. The molecule has 2 N–H and O–H groups in total. The molecular weight excluding hydrogens is 241 g/mol. The van der Waals surface area contributed by atoms with Gasteiger partial charge in [0.25, 0.3) is 0 Å². The second-order valence-corrected chi connectivity index (χ2v) is 4.35. The number of sulfonamides is 1. The highest BCUT2D eigenvalue weighted by Gasteiger charge is 2.08. The van der Waals surface area contributed by atoms with Gasteiger partial charge in [-0.1, -0.05) is 0 Å². The first-order chi connectivity index (χ1) is 5.48. The van der Waals surface area contributed by atoms with E-state index in [1.807, 2.05) is 0 Å². The number of hydrogen-bond donors (Lipinski definition) is 2. The van der Waals surface area contributed by atoms with Crippen molar-refractivity contribution in [3.8, 4) is 0 Å². The predicted molar refractivity (Wildman–Crippen MR) is 52.0 cm³/mol. The molecule has 0 aromatic rings. The number of carboxylic acids is 1. The monoisotopic (exact) mass is 251 g/mol. The van der Waals surface area contributed by atoms with Crippen LogP contribution in [0.15, 0.2) is 0 Å². The van der Waals surface area contributed by atoms with Gasteiger partial charge in [-0.2, -0.15) is 0 Å². The number of aliphatic carboxylic acids is 1. The Labute approximate surface area is 87.9 Å². The minimum absolute atomic E-state index is 0. The number of halogens is 2. The Morgan fingerprint density at radius 3 is 2.38 bits per heavy atom. The van der Waals surface area contributed by atoms with Crippen LogP contribution in [0, 0.1) is 0 Å². The van der Waals surface area contributed by atoms with Crippen LogP contribution in [0.25, 0.3) is 0 Å². The highest BCUT2D eigenvalue weighted by atomic mass is 35.5. The smallest absolute Gasteiger partial charge is 0.304 e. The maximum atomic E-state index is 10.8. The zero-order valence-corrected chi connectivity index (χ0v) is 9.08. The highest BCUT2D eigenvalue weighted by Crippen LogP contribution is 1.87. The summed E-state index contributed by atoms with van der Waals surface area (Å²) >= 11 is 5.19. The van der Waals surface area contributed by atoms with E-state index in [4.69, 9.17) is 16.7 Å². The average Bonchev–Trinajstić information content (AvgIpc) is 1.85. The molecule has 0 aliphatic heterocycles. The fourth-order valence-electron chi connectivity index (χ4n) is 0.487. The third-order valence-electron chi connectivity index (χ3n) is 1.01. The molecule has 0 amide bonds. The summed E-state index contributed by atoms with van der Waals surface area (Å²) < 4.78 is 23.7. The Balaban J connectivity index is 0. The van der Waals surface area contributed by atoms with Crippen molar-refractivity contribution in [1.82, 2.24) is 4.72 Å². The van der Waals surface area contributed by atoms with E-state index in [1.54, 1.807) is 0 Å². The summed E-state index contributed by atoms with van der Waals surface area (Å²) in [6.07, 6.45) is -0.221. The molecule has 0 heterocycles. The van der Waals surface area contributed by atoms with Crippen molar-refractivity contribution < 1.29 is 18.3 Å². The summed E-state index contributed by atoms with van der Waals surface area (Å²) in [4.78, 5) is 9.98. The van der Waals surface area contributed by atoms with Gasteiger partial charge in [0.1, 0.15) is 0 Å². The van der Waals surface area contributed by atoms with Gasteiger partial charge in [0, 0.05) is 12.4 Å². The van der Waals surface area contributed by atoms with Crippen LogP contribution < -0.4 is 4.72 Å². The average molecular weight is 252 g/mol. The standard InChI is InChI=1S/C5H10ClNO4S.ClH/c6-2-4-12(10,11)7-3-1-5(8)9;/h7H,1-4H2,(H,8,9);1H. The van der Waals surface area contributed by atoms with Crippen molar-refractivity contribution in [1.29, 1.82) is 0 Å². The molecule has 0 saturated carbocycles. The largest absolute Gasteiger partial charge is 0.481 e. The van der Waals surface area contributed by atoms with E-state index in [0.29, 0.717) is 0 Å². The van der Waals surface area contributed by atoms with E-state index in [2.05, 4.69) is 4.72 Å². The van der Waals surface area contributed by atoms with E-state index in [-0.39, 0.29) is 37.0 Å². The summed E-state index contributed by atoms with van der Waals surface area (Å²) in [5.41, 5.74) is 0. The first-order valence-corrected chi connectivity index (χ1v) is 5.42. The Hall–Kier alpha value is -0.0400. The van der Waals surface area contributed by atoms with Gasteiger partial charge >= 0.3 is 5.97 Å². The van der Waals surface area contributed by atoms with E-state index in [1.165, 1.54) is 0 Å². The van der Waals surface area contributed by atoms with Crippen LogP contribution in [-0.4, -0.2) is 37.7 Å². The Morgan fingerprint density at radius 2 is 2.00 bits per heavy atom. The molecule has 0 fully saturated rings. The van der Waals surface area contributed by atoms with Gasteiger partial charge in [0.15, 0.2) is 0 Å². The minimum Gasteiger partial charge on any atom is -0.481 e. The third-order valence-corrected chi connectivity index (χ3v) is 2.81. The molecule has 0 aromatic heterocycles. The van der Waals surface area contributed by atoms with Gasteiger partial charge in [0.05, 0.1) is 12.2 Å². The number of carbonyl (C=O) groups is 1. The Bertz CT molecular complexity index is 241. The molecule has 13 heavy (non-hydrogen) atoms. The fraction of sp³-hybridized carbons (Fsp3) is 0.800. The van der Waals surface area contributed by atoms with Crippen LogP contribution >= 0.6 is 24.0 Å². The quantitative estimate of drug-likeness (QED) is 0.654. The van der Waals surface area contributed by atoms with Crippen molar-refractivity contribution in [2.24, 2.45) is 0 Å². The van der Waals surface area contributed by atoms with Crippen molar-refractivity contribution in [2.75, 3.05) is 18.2 Å². The topological polar surface area (TPSA) is 83.5 Å². The molecule has 0 rings (SSSR count). The number of carboxylic acid groups (broad SMARTS) is 1. The summed E-state index contributed by atoms with van der Waals surface area (Å²) in [6, 6.07) is 0. The van der Waals surface area contributed by atoms with E-state index in [9.17, 15) is 13.2 Å². The van der Waals surface area contributed by atoms with Crippen LogP contribution in [0.2, 0.25) is 0 Å². The van der Waals surface area contributed by atoms with Gasteiger partial charge < -0.3 is 5.11 Å². The van der Waals surface area contributed by atoms with Gasteiger partial charge in [-0.3, -0.25) is 4.79 Å². The second kappa shape index (κ2) is 7.37. The predicted octanol–water partition coefficient (Wildman–Crippen LogP) is 0.0411. The van der Waals surface area contributed by atoms with E-state index in [0.717, 1.165) is 0 Å². The van der Waals surface area contributed by atoms with Crippen molar-refractivity contribution >= 4 is 40.0 Å². The van der Waals surface area contributed by atoms with Crippen molar-refractivity contribution in [3.05, 3.63) is 0 Å². The van der Waals surface area contributed by atoms with Gasteiger partial charge in [-0.15, -0.1) is 24.0 Å². The zero-order valence-electron chi connectivity index (χ0n) is 6.69. The SMILES string of the molecule is Cl.O=C(O)CCNS(=O)(=O)CCCl. The van der Waals surface area contributed by atoms with E-state index >= 15 is 0 Å². The molecule has 80 valence electrons. The fourth-order valence-corrected chi connectivity index (χ4v) is 1.86. The van der Waals surface area contributed by atoms with Crippen LogP contribution in [0.3, 0.4) is 0 Å². The lowest BCUT2D eigenvalue weighted by molar-refractivity contribution is -0.136. The summed E-state index contributed by atoms with van der Waals surface area (Å²) in [5.74, 6) is -1.22. The van der Waals surface area contributed by atoms with Gasteiger partial charge in [-0.25, -0.2) is 13.1 Å². The molecule has 0 aliphatic carbocycles. The third kappa shape index (κ3) is 9.88. The van der Waals surface area contributed by atoms with Gasteiger partial charge in [0.2, 0.25) is 10.0 Å². The lowest BCUT2D eigenvalue weighted by Crippen LogP contribution is -2.29. The molecule has 0 bridgehead atoms. The molecular formula is C5H11Cl2NO4S. The lowest BCUT2D eigenvalue weighted by atomic mass is 10.5. The molecule has 0 saturated heterocycles. The first kappa shape index (κ1) is 15.4. The lowest BCUT2D eigenvalue weighted by Gasteiger charge is -2.01. The van der Waals surface area contributed by atoms with Crippen LogP contribution in [-0.2, 0) is 14.8 Å². The summed E-state index contributed by atoms with van der Waals surface area (Å²) in [5, 5.41) is 8.18. The van der Waals surface area contributed by atoms with Crippen molar-refractivity contribution in [3.63, 3.8) is 0 Å². The number of nitrogens with one attached hydrogen (secondary N) is 1. The molecule has 0 aromatic carbocycles. The maximum absolute atomic E-state index is 10.8. The normalized spacial score (nSPS) is 10.5. The van der Waals surface area contributed by atoms with Crippen molar-refractivity contribution in [2.45, 2.75) is 6.42 Å². The number of alkyl halides is 1. The van der Waals surface area contributed by atoms with Crippen LogP contribution in [0.1, 0.15) is 6.42 Å². The minimum atomic E-state index is -3.37. The zero-order chi connectivity index (χ0) is 9.61. The summed E-state index contributed by atoms with van der Waals surface area (Å²) in [6.45, 7) is -0.0887. The van der Waals surface area contributed by atoms with Crippen LogP contribution in [0.5, 0.6) is 0 Å². The molecule has 0 radical (unpaired) electrons. The highest BCUT2D eigenvalue weighted by molar-refractivity contribution is 7.89. The van der Waals surface area contributed by atoms with E-state index < -0.39 is 16.0 Å². The Kier molecular flexibility index (Phi) is 8.75. The van der Waals surface area contributed by atoms with Gasteiger partial charge in [-0.05, 0) is 0 Å². The summed E-state index contributed by atoms with van der Waals surface area (Å²) in [7, 11) is -3.37. The molecule has 8 heteroatoms. The molecule has 0 atom stereocenters. The molecule has 0 spiro atoms. The second-order valence-electron chi connectivity index (χ2n) is 2.05. The maximum Gasteiger partial charge on any atom is 0.304 e. The Morgan fingerprint density at radius 1 is 1.46 bits per heavy atom. The van der Waals surface area contributed by atoms with Crippen LogP contribution in [0.4, 0.5) is 0 Å². The number of hydrogen-bond acceptors (Lipinski definition) is 3.